The van der Waals surface area contributed by atoms with Crippen molar-refractivity contribution in [3.63, 3.8) is 0 Å². The van der Waals surface area contributed by atoms with Crippen molar-refractivity contribution in [1.82, 2.24) is 19.6 Å². The molecule has 0 spiro atoms. The molecule has 1 saturated heterocycles. The number of halogens is 1. The largest absolute Gasteiger partial charge is 0.324 e. The average molecular weight is 456 g/mol. The van der Waals surface area contributed by atoms with Crippen molar-refractivity contribution in [2.24, 2.45) is 0 Å². The molecule has 0 amide bonds. The predicted molar refractivity (Wildman–Crippen MR) is 123 cm³/mol. The van der Waals surface area contributed by atoms with Gasteiger partial charge in [0.05, 0.1) is 10.6 Å². The molecule has 1 fully saturated rings. The quantitative estimate of drug-likeness (QED) is 0.564. The third kappa shape index (κ3) is 4.95. The molecule has 0 radical (unpaired) electrons. The van der Waals surface area contributed by atoms with E-state index in [1.165, 1.54) is 12.1 Å². The summed E-state index contributed by atoms with van der Waals surface area (Å²) in [7, 11) is -3.57. The summed E-state index contributed by atoms with van der Waals surface area (Å²) in [5, 5.41) is 6.37. The Balaban J connectivity index is 1.50. The zero-order chi connectivity index (χ0) is 22.6. The lowest BCUT2D eigenvalue weighted by Crippen LogP contribution is -2.45. The van der Waals surface area contributed by atoms with E-state index in [1.54, 1.807) is 53.0 Å². The molecule has 3 aromatic rings. The number of sulfonamides is 1. The van der Waals surface area contributed by atoms with Gasteiger partial charge in [0.25, 0.3) is 0 Å². The molecule has 2 N–H and O–H groups in total. The van der Waals surface area contributed by atoms with E-state index in [1.807, 2.05) is 6.92 Å². The Morgan fingerprint density at radius 2 is 1.75 bits per heavy atom. The summed E-state index contributed by atoms with van der Waals surface area (Å²) < 4.78 is 41.2. The van der Waals surface area contributed by atoms with Crippen LogP contribution in [0.1, 0.15) is 19.8 Å². The number of nitrogens with zero attached hydrogens (tertiary/aromatic N) is 3. The summed E-state index contributed by atoms with van der Waals surface area (Å²) in [6, 6.07) is 14.5. The van der Waals surface area contributed by atoms with Gasteiger partial charge in [0, 0.05) is 30.0 Å². The molecule has 0 atom stereocenters. The third-order valence-electron chi connectivity index (χ3n) is 5.54. The van der Waals surface area contributed by atoms with Crippen LogP contribution in [-0.4, -0.2) is 48.4 Å². The van der Waals surface area contributed by atoms with Crippen LogP contribution >= 0.6 is 0 Å². The maximum absolute atomic E-state index is 13.2. The molecular formula is C23H26FN5O2S. The van der Waals surface area contributed by atoms with E-state index >= 15 is 0 Å². The van der Waals surface area contributed by atoms with E-state index in [2.05, 4.69) is 20.6 Å². The Hall–Kier alpha value is -2.88. The molecule has 168 valence electrons. The number of benzene rings is 2. The van der Waals surface area contributed by atoms with Gasteiger partial charge in [-0.05, 0) is 80.5 Å². The monoisotopic (exact) mass is 455 g/mol. The fourth-order valence-corrected chi connectivity index (χ4v) is 5.59. The van der Waals surface area contributed by atoms with Crippen LogP contribution in [0.15, 0.2) is 65.7 Å². The minimum Gasteiger partial charge on any atom is -0.324 e. The smallest absolute Gasteiger partial charge is 0.243 e. The van der Waals surface area contributed by atoms with Crippen molar-refractivity contribution < 1.29 is 12.8 Å². The Morgan fingerprint density at radius 1 is 1.06 bits per heavy atom. The van der Waals surface area contributed by atoms with E-state index in [4.69, 9.17) is 0 Å². The van der Waals surface area contributed by atoms with Crippen molar-refractivity contribution in [2.45, 2.75) is 30.7 Å². The minimum atomic E-state index is -3.57. The molecule has 1 aliphatic heterocycles. The standard InChI is InChI=1S/C23H26FN5O2S/c1-2-29(20-11-14-25-15-12-20)32(30,31)21-9-7-19(8-10-21)27-23-26-16-13-22(28-23)17-3-5-18(24)6-4-17/h3-10,13,16,20,25H,2,11-12,14-15H2,1H3,(H,26,27,28). The molecule has 1 aromatic heterocycles. The van der Waals surface area contributed by atoms with Crippen LogP contribution in [0.4, 0.5) is 16.0 Å². The average Bonchev–Trinajstić information content (AvgIpc) is 2.81. The molecule has 0 saturated carbocycles. The van der Waals surface area contributed by atoms with Gasteiger partial charge in [-0.2, -0.15) is 4.31 Å². The van der Waals surface area contributed by atoms with Crippen LogP contribution in [0.5, 0.6) is 0 Å². The van der Waals surface area contributed by atoms with Gasteiger partial charge in [-0.15, -0.1) is 0 Å². The number of piperidine rings is 1. The van der Waals surface area contributed by atoms with Crippen LogP contribution in [0.25, 0.3) is 11.3 Å². The summed E-state index contributed by atoms with van der Waals surface area (Å²) in [6.45, 7) is 3.98. The highest BCUT2D eigenvalue weighted by molar-refractivity contribution is 7.89. The van der Waals surface area contributed by atoms with Crippen molar-refractivity contribution in [2.75, 3.05) is 25.0 Å². The van der Waals surface area contributed by atoms with Gasteiger partial charge in [-0.3, -0.25) is 0 Å². The fourth-order valence-electron chi connectivity index (χ4n) is 3.89. The summed E-state index contributed by atoms with van der Waals surface area (Å²) in [5.41, 5.74) is 2.10. The number of rotatable bonds is 7. The van der Waals surface area contributed by atoms with Gasteiger partial charge in [0.1, 0.15) is 5.82 Å². The van der Waals surface area contributed by atoms with Crippen LogP contribution in [0.3, 0.4) is 0 Å². The molecule has 0 bridgehead atoms. The Bertz CT molecular complexity index is 1150. The maximum atomic E-state index is 13.2. The summed E-state index contributed by atoms with van der Waals surface area (Å²) in [4.78, 5) is 8.96. The van der Waals surface area contributed by atoms with Gasteiger partial charge < -0.3 is 10.6 Å². The van der Waals surface area contributed by atoms with E-state index < -0.39 is 10.0 Å². The number of hydrogen-bond acceptors (Lipinski definition) is 6. The topological polar surface area (TPSA) is 87.2 Å². The Morgan fingerprint density at radius 3 is 2.41 bits per heavy atom. The van der Waals surface area contributed by atoms with Gasteiger partial charge in [-0.25, -0.2) is 22.8 Å². The molecular weight excluding hydrogens is 429 g/mol. The first-order valence-electron chi connectivity index (χ1n) is 10.7. The van der Waals surface area contributed by atoms with Crippen LogP contribution in [0, 0.1) is 5.82 Å². The second kappa shape index (κ2) is 9.72. The number of anilines is 2. The van der Waals surface area contributed by atoms with E-state index in [0.29, 0.717) is 23.9 Å². The molecule has 0 aliphatic carbocycles. The zero-order valence-electron chi connectivity index (χ0n) is 17.8. The zero-order valence-corrected chi connectivity index (χ0v) is 18.6. The second-order valence-corrected chi connectivity index (χ2v) is 9.50. The van der Waals surface area contributed by atoms with Crippen molar-refractivity contribution in [3.05, 3.63) is 66.6 Å². The summed E-state index contributed by atoms with van der Waals surface area (Å²) >= 11 is 0. The van der Waals surface area contributed by atoms with Crippen LogP contribution < -0.4 is 10.6 Å². The Labute approximate surface area is 187 Å². The lowest BCUT2D eigenvalue weighted by Gasteiger charge is -2.33. The van der Waals surface area contributed by atoms with E-state index in [0.717, 1.165) is 31.5 Å². The van der Waals surface area contributed by atoms with Crippen LogP contribution in [-0.2, 0) is 10.0 Å². The molecule has 0 unspecified atom stereocenters. The van der Waals surface area contributed by atoms with Crippen molar-refractivity contribution in [1.29, 1.82) is 0 Å². The van der Waals surface area contributed by atoms with Gasteiger partial charge >= 0.3 is 0 Å². The highest BCUT2D eigenvalue weighted by Crippen LogP contribution is 2.25. The lowest BCUT2D eigenvalue weighted by molar-refractivity contribution is 0.271. The third-order valence-corrected chi connectivity index (χ3v) is 7.58. The molecule has 9 heteroatoms. The minimum absolute atomic E-state index is 0.0200. The van der Waals surface area contributed by atoms with Gasteiger partial charge in [0.15, 0.2) is 0 Å². The SMILES string of the molecule is CCN(C1CCNCC1)S(=O)(=O)c1ccc(Nc2nccc(-c3ccc(F)cc3)n2)cc1. The molecule has 7 nitrogen and oxygen atoms in total. The predicted octanol–water partition coefficient (Wildman–Crippen LogP) is 3.79. The molecule has 32 heavy (non-hydrogen) atoms. The molecule has 2 heterocycles. The maximum Gasteiger partial charge on any atom is 0.243 e. The van der Waals surface area contributed by atoms with E-state index in [9.17, 15) is 12.8 Å². The lowest BCUT2D eigenvalue weighted by atomic mass is 10.1. The van der Waals surface area contributed by atoms with Crippen molar-refractivity contribution >= 4 is 21.7 Å². The van der Waals surface area contributed by atoms with Gasteiger partial charge in [-0.1, -0.05) is 6.92 Å². The number of aromatic nitrogens is 2. The van der Waals surface area contributed by atoms with Gasteiger partial charge in [0.2, 0.25) is 16.0 Å². The molecule has 1 aliphatic rings. The Kier molecular flexibility index (Phi) is 6.78. The first-order chi connectivity index (χ1) is 15.5. The molecule has 4 rings (SSSR count). The van der Waals surface area contributed by atoms with Crippen molar-refractivity contribution in [3.8, 4) is 11.3 Å². The summed E-state index contributed by atoms with van der Waals surface area (Å²) in [5.74, 6) is 0.0605. The fraction of sp³-hybridized carbons (Fsp3) is 0.304. The normalized spacial score (nSPS) is 15.1. The first kappa shape index (κ1) is 22.3. The highest BCUT2D eigenvalue weighted by Gasteiger charge is 2.30. The van der Waals surface area contributed by atoms with E-state index in [-0.39, 0.29) is 16.8 Å². The first-order valence-corrected chi connectivity index (χ1v) is 12.1. The number of nitrogens with one attached hydrogen (secondary N) is 2. The summed E-state index contributed by atoms with van der Waals surface area (Å²) in [6.07, 6.45) is 3.24. The second-order valence-electron chi connectivity index (χ2n) is 7.61. The highest BCUT2D eigenvalue weighted by atomic mass is 32.2. The molecule has 2 aromatic carbocycles. The van der Waals surface area contributed by atoms with Crippen LogP contribution in [0.2, 0.25) is 0 Å². The number of hydrogen-bond donors (Lipinski definition) is 2.